The first-order valence-corrected chi connectivity index (χ1v) is 12.0. The summed E-state index contributed by atoms with van der Waals surface area (Å²) in [4.78, 5) is 15.2. The Morgan fingerprint density at radius 2 is 2.00 bits per heavy atom. The molecule has 10 heteroatoms. The average molecular weight is 479 g/mol. The summed E-state index contributed by atoms with van der Waals surface area (Å²) in [6, 6.07) is 11.7. The van der Waals surface area contributed by atoms with Crippen LogP contribution >= 0.6 is 23.1 Å². The molecule has 1 atom stereocenters. The van der Waals surface area contributed by atoms with Crippen LogP contribution in [0.15, 0.2) is 51.3 Å². The van der Waals surface area contributed by atoms with Crippen molar-refractivity contribution in [1.82, 2.24) is 10.2 Å². The largest absolute Gasteiger partial charge is 0.497 e. The van der Waals surface area contributed by atoms with Gasteiger partial charge in [0, 0.05) is 17.7 Å². The number of allylic oxidation sites excluding steroid dienone is 3. The summed E-state index contributed by atoms with van der Waals surface area (Å²) in [6.45, 7) is 4.09. The van der Waals surface area contributed by atoms with Crippen molar-refractivity contribution < 1.29 is 9.53 Å². The highest BCUT2D eigenvalue weighted by Crippen LogP contribution is 2.50. The normalized spacial score (nSPS) is 19.7. The maximum Gasteiger partial charge on any atom is 0.219 e. The van der Waals surface area contributed by atoms with E-state index in [-0.39, 0.29) is 22.8 Å². The van der Waals surface area contributed by atoms with E-state index in [2.05, 4.69) is 22.3 Å². The van der Waals surface area contributed by atoms with Crippen molar-refractivity contribution in [3.63, 3.8) is 0 Å². The van der Waals surface area contributed by atoms with Crippen LogP contribution in [0, 0.1) is 28.1 Å². The smallest absolute Gasteiger partial charge is 0.219 e. The maximum absolute atomic E-state index is 13.5. The van der Waals surface area contributed by atoms with Gasteiger partial charge in [-0.05, 0) is 29.5 Å². The predicted molar refractivity (Wildman–Crippen MR) is 126 cm³/mol. The van der Waals surface area contributed by atoms with Crippen molar-refractivity contribution in [2.24, 2.45) is 11.1 Å². The average Bonchev–Trinajstić information content (AvgIpc) is 3.24. The third-order valence-electron chi connectivity index (χ3n) is 5.68. The zero-order valence-electron chi connectivity index (χ0n) is 18.5. The molecule has 0 saturated carbocycles. The van der Waals surface area contributed by atoms with Crippen LogP contribution < -0.4 is 15.4 Å². The number of nitrogens with two attached hydrogens (primary N) is 1. The quantitative estimate of drug-likeness (QED) is 0.631. The van der Waals surface area contributed by atoms with E-state index < -0.39 is 5.92 Å². The fourth-order valence-corrected chi connectivity index (χ4v) is 5.84. The van der Waals surface area contributed by atoms with Crippen molar-refractivity contribution in [3.8, 4) is 17.9 Å². The number of thioether (sulfide) groups is 1. The summed E-state index contributed by atoms with van der Waals surface area (Å²) < 4.78 is 5.89. The Morgan fingerprint density at radius 1 is 1.27 bits per heavy atom. The number of carbonyl (C=O) groups is 1. The number of hydrogen-bond donors (Lipinski definition) is 1. The van der Waals surface area contributed by atoms with Gasteiger partial charge in [0.1, 0.15) is 11.6 Å². The van der Waals surface area contributed by atoms with Crippen LogP contribution in [-0.2, 0) is 4.79 Å². The summed E-state index contributed by atoms with van der Waals surface area (Å²) in [6.07, 6.45) is 0.977. The van der Waals surface area contributed by atoms with Crippen LogP contribution in [0.4, 0.5) is 5.13 Å². The lowest BCUT2D eigenvalue weighted by Gasteiger charge is -2.42. The Kier molecular flexibility index (Phi) is 6.15. The Morgan fingerprint density at radius 3 is 2.64 bits per heavy atom. The van der Waals surface area contributed by atoms with Gasteiger partial charge in [-0.1, -0.05) is 49.1 Å². The lowest BCUT2D eigenvalue weighted by atomic mass is 9.68. The van der Waals surface area contributed by atoms with E-state index in [9.17, 15) is 10.1 Å². The third kappa shape index (κ3) is 4.20. The van der Waals surface area contributed by atoms with Crippen LogP contribution in [0.5, 0.6) is 5.75 Å². The minimum absolute atomic E-state index is 0.00378. The lowest BCUT2D eigenvalue weighted by molar-refractivity contribution is -0.118. The molecule has 1 aliphatic carbocycles. The molecular formula is C23H22N6O2S2. The van der Waals surface area contributed by atoms with Gasteiger partial charge in [0.25, 0.3) is 0 Å². The van der Waals surface area contributed by atoms with Gasteiger partial charge in [0.05, 0.1) is 36.5 Å². The van der Waals surface area contributed by atoms with Gasteiger partial charge in [-0.2, -0.15) is 10.5 Å². The molecule has 1 aromatic carbocycles. The van der Waals surface area contributed by atoms with Crippen LogP contribution in [0.2, 0.25) is 0 Å². The monoisotopic (exact) mass is 478 g/mol. The predicted octanol–water partition coefficient (Wildman–Crippen LogP) is 4.10. The number of methoxy groups -OCH3 is 1. The Bertz CT molecular complexity index is 1250. The Labute approximate surface area is 200 Å². The minimum Gasteiger partial charge on any atom is -0.497 e. The minimum atomic E-state index is -0.559. The number of anilines is 1. The SMILES string of the molecule is COc1ccc(C2C(C#N)=C(N)N(c3nnc(SCC#N)s3)C3=C2C(=O)CC(C)(C)C3)cc1. The van der Waals surface area contributed by atoms with E-state index in [0.717, 1.165) is 11.3 Å². The molecule has 4 rings (SSSR count). The van der Waals surface area contributed by atoms with E-state index in [1.165, 1.54) is 23.1 Å². The Hall–Kier alpha value is -3.34. The molecule has 0 spiro atoms. The topological polar surface area (TPSA) is 129 Å². The summed E-state index contributed by atoms with van der Waals surface area (Å²) in [5.41, 5.74) is 8.75. The molecule has 0 amide bonds. The number of nitriles is 2. The highest BCUT2D eigenvalue weighted by molar-refractivity contribution is 8.01. The van der Waals surface area contributed by atoms with Gasteiger partial charge < -0.3 is 10.5 Å². The fourth-order valence-electron chi connectivity index (χ4n) is 4.30. The molecular weight excluding hydrogens is 456 g/mol. The molecule has 2 aromatic rings. The van der Waals surface area contributed by atoms with E-state index in [1.807, 2.05) is 38.1 Å². The zero-order chi connectivity index (χ0) is 23.8. The standard InChI is InChI=1S/C23H22N6O2S2/c1-23(2)10-16-19(17(30)11-23)18(13-4-6-14(31-3)7-5-13)15(12-25)20(26)29(16)21-27-28-22(33-21)32-9-8-24/h4-7,18H,9-11,26H2,1-3H3. The summed E-state index contributed by atoms with van der Waals surface area (Å²) in [5, 5.41) is 27.9. The summed E-state index contributed by atoms with van der Waals surface area (Å²) >= 11 is 2.57. The second kappa shape index (κ2) is 8.89. The Balaban J connectivity index is 1.90. The van der Waals surface area contributed by atoms with E-state index in [0.29, 0.717) is 39.2 Å². The zero-order valence-corrected chi connectivity index (χ0v) is 20.1. The first-order chi connectivity index (χ1) is 15.8. The number of carbonyl (C=O) groups excluding carboxylic acids is 1. The number of ketones is 1. The summed E-state index contributed by atoms with van der Waals surface area (Å²) in [7, 11) is 1.59. The number of nitrogens with zero attached hydrogens (tertiary/aromatic N) is 5. The molecule has 2 aliphatic rings. The van der Waals surface area contributed by atoms with Crippen LogP contribution in [-0.4, -0.2) is 28.8 Å². The molecule has 8 nitrogen and oxygen atoms in total. The fraction of sp³-hybridized carbons (Fsp3) is 0.348. The van der Waals surface area contributed by atoms with Gasteiger partial charge >= 0.3 is 0 Å². The van der Waals surface area contributed by atoms with Gasteiger partial charge in [0.15, 0.2) is 10.1 Å². The van der Waals surface area contributed by atoms with Gasteiger partial charge in [-0.15, -0.1) is 10.2 Å². The molecule has 2 heterocycles. The molecule has 2 N–H and O–H groups in total. The van der Waals surface area contributed by atoms with E-state index >= 15 is 0 Å². The molecule has 0 radical (unpaired) electrons. The van der Waals surface area contributed by atoms with Gasteiger partial charge in [0.2, 0.25) is 5.13 Å². The molecule has 1 aliphatic heterocycles. The number of aromatic nitrogens is 2. The molecule has 1 aromatic heterocycles. The van der Waals surface area contributed by atoms with Crippen molar-refractivity contribution in [2.75, 3.05) is 17.8 Å². The van der Waals surface area contributed by atoms with Gasteiger partial charge in [-0.3, -0.25) is 9.69 Å². The number of benzene rings is 1. The number of ether oxygens (including phenoxy) is 1. The second-order valence-corrected chi connectivity index (χ2v) is 10.7. The molecule has 168 valence electrons. The second-order valence-electron chi connectivity index (χ2n) is 8.55. The van der Waals surface area contributed by atoms with E-state index in [1.54, 1.807) is 12.0 Å². The molecule has 1 unspecified atom stereocenters. The van der Waals surface area contributed by atoms with Crippen molar-refractivity contribution in [3.05, 3.63) is 52.5 Å². The first-order valence-electron chi connectivity index (χ1n) is 10.2. The number of Topliss-reactive ketones (excluding diaryl/α,β-unsaturated/α-hetero) is 1. The summed E-state index contributed by atoms with van der Waals surface area (Å²) in [5.74, 6) is 0.623. The molecule has 33 heavy (non-hydrogen) atoms. The lowest BCUT2D eigenvalue weighted by Crippen LogP contribution is -2.42. The van der Waals surface area contributed by atoms with Gasteiger partial charge in [-0.25, -0.2) is 0 Å². The highest BCUT2D eigenvalue weighted by atomic mass is 32.2. The molecule has 0 saturated heterocycles. The van der Waals surface area contributed by atoms with Crippen molar-refractivity contribution >= 4 is 34.0 Å². The van der Waals surface area contributed by atoms with Crippen LogP contribution in [0.1, 0.15) is 38.2 Å². The molecule has 0 fully saturated rings. The van der Waals surface area contributed by atoms with Crippen LogP contribution in [0.3, 0.4) is 0 Å². The van der Waals surface area contributed by atoms with E-state index in [4.69, 9.17) is 15.7 Å². The van der Waals surface area contributed by atoms with Crippen molar-refractivity contribution in [1.29, 1.82) is 10.5 Å². The van der Waals surface area contributed by atoms with Crippen molar-refractivity contribution in [2.45, 2.75) is 36.9 Å². The molecule has 0 bridgehead atoms. The first kappa shape index (κ1) is 22.8. The highest BCUT2D eigenvalue weighted by Gasteiger charge is 2.45. The number of hydrogen-bond acceptors (Lipinski definition) is 10. The van der Waals surface area contributed by atoms with Crippen LogP contribution in [0.25, 0.3) is 0 Å². The maximum atomic E-state index is 13.5. The third-order valence-corrected chi connectivity index (χ3v) is 7.59. The number of rotatable bonds is 5.